The number of hydrogen-bond acceptors (Lipinski definition) is 6. The first-order valence-corrected chi connectivity index (χ1v) is 9.80. The molecule has 0 bridgehead atoms. The van der Waals surface area contributed by atoms with Crippen molar-refractivity contribution >= 4 is 29.4 Å². The minimum atomic E-state index is -3.37. The molecular weight excluding hydrogens is 469 g/mol. The second kappa shape index (κ2) is 11.1. The van der Waals surface area contributed by atoms with Gasteiger partial charge in [0.05, 0.1) is 6.54 Å². The van der Waals surface area contributed by atoms with Crippen molar-refractivity contribution in [2.75, 3.05) is 13.2 Å². The van der Waals surface area contributed by atoms with Crippen molar-refractivity contribution in [1.29, 1.82) is 0 Å². The van der Waals surface area contributed by atoms with Gasteiger partial charge in [-0.05, 0) is 23.3 Å². The van der Waals surface area contributed by atoms with Gasteiger partial charge in [0.25, 0.3) is 5.92 Å². The Labute approximate surface area is 191 Å². The first-order chi connectivity index (χ1) is 15.4. The molecule has 0 aliphatic heterocycles. The van der Waals surface area contributed by atoms with Crippen molar-refractivity contribution in [3.8, 4) is 11.1 Å². The van der Waals surface area contributed by atoms with Crippen LogP contribution in [0.4, 0.5) is 13.2 Å². The van der Waals surface area contributed by atoms with Crippen LogP contribution in [0.2, 0.25) is 5.02 Å². The molecule has 0 aromatic heterocycles. The van der Waals surface area contributed by atoms with Gasteiger partial charge >= 0.3 is 17.8 Å². The molecule has 2 rings (SSSR count). The van der Waals surface area contributed by atoms with Gasteiger partial charge in [-0.2, -0.15) is 0 Å². The summed E-state index contributed by atoms with van der Waals surface area (Å²) >= 11 is 6.23. The van der Waals surface area contributed by atoms with Gasteiger partial charge in [-0.25, -0.2) is 27.8 Å². The third-order valence-corrected chi connectivity index (χ3v) is 4.51. The Balaban J connectivity index is 2.22. The second-order valence-electron chi connectivity index (χ2n) is 7.11. The molecule has 0 saturated heterocycles. The third kappa shape index (κ3) is 8.04. The van der Waals surface area contributed by atoms with Gasteiger partial charge in [-0.1, -0.05) is 41.9 Å². The van der Waals surface area contributed by atoms with Crippen LogP contribution in [0.3, 0.4) is 0 Å². The van der Waals surface area contributed by atoms with Crippen LogP contribution < -0.4 is 5.43 Å². The van der Waals surface area contributed by atoms with E-state index in [2.05, 4.69) is 4.74 Å². The minimum absolute atomic E-state index is 0.0486. The van der Waals surface area contributed by atoms with Crippen LogP contribution in [0.5, 0.6) is 0 Å². The summed E-state index contributed by atoms with van der Waals surface area (Å²) in [5.74, 6) is -8.85. The maximum atomic E-state index is 14.7. The fourth-order valence-electron chi connectivity index (χ4n) is 2.64. The number of hydrazine groups is 1. The number of nitrogens with zero attached hydrogens (tertiary/aromatic N) is 1. The molecule has 0 radical (unpaired) electrons. The lowest BCUT2D eigenvalue weighted by Crippen LogP contribution is -2.50. The van der Waals surface area contributed by atoms with Crippen molar-refractivity contribution < 1.29 is 42.5 Å². The topological polar surface area (TPSA) is 116 Å². The monoisotopic (exact) mass is 488 g/mol. The van der Waals surface area contributed by atoms with Crippen LogP contribution in [0.1, 0.15) is 12.5 Å². The zero-order valence-corrected chi connectivity index (χ0v) is 18.0. The summed E-state index contributed by atoms with van der Waals surface area (Å²) in [5.41, 5.74) is 2.77. The highest BCUT2D eigenvalue weighted by Gasteiger charge is 2.28. The number of benzene rings is 2. The fraction of sp³-hybridized carbons (Fsp3) is 0.286. The first-order valence-electron chi connectivity index (χ1n) is 9.42. The van der Waals surface area contributed by atoms with Crippen molar-refractivity contribution in [2.45, 2.75) is 25.5 Å². The normalized spacial score (nSPS) is 12.3. The van der Waals surface area contributed by atoms with E-state index < -0.39 is 55.4 Å². The average molecular weight is 489 g/mol. The number of nitrogens with one attached hydrogen (secondary N) is 1. The van der Waals surface area contributed by atoms with Crippen LogP contribution in [-0.4, -0.2) is 58.2 Å². The van der Waals surface area contributed by atoms with Gasteiger partial charge in [0.15, 0.2) is 12.7 Å². The van der Waals surface area contributed by atoms with E-state index >= 15 is 0 Å². The molecule has 12 heteroatoms. The van der Waals surface area contributed by atoms with E-state index in [0.717, 1.165) is 11.1 Å². The molecule has 0 fully saturated rings. The highest BCUT2D eigenvalue weighted by Crippen LogP contribution is 2.29. The summed E-state index contributed by atoms with van der Waals surface area (Å²) in [7, 11) is 0. The molecule has 8 nitrogen and oxygen atoms in total. The zero-order chi connectivity index (χ0) is 24.8. The van der Waals surface area contributed by atoms with E-state index in [-0.39, 0.29) is 16.1 Å². The van der Waals surface area contributed by atoms with Crippen molar-refractivity contribution in [3.63, 3.8) is 0 Å². The van der Waals surface area contributed by atoms with E-state index in [0.29, 0.717) is 12.5 Å². The van der Waals surface area contributed by atoms with Crippen molar-refractivity contribution in [3.05, 3.63) is 58.9 Å². The van der Waals surface area contributed by atoms with Gasteiger partial charge < -0.3 is 14.9 Å². The Hall–Kier alpha value is -3.15. The summed E-state index contributed by atoms with van der Waals surface area (Å²) in [6.07, 6.45) is -2.01. The van der Waals surface area contributed by atoms with Gasteiger partial charge in [-0.3, -0.25) is 10.2 Å². The molecule has 0 spiro atoms. The predicted octanol–water partition coefficient (Wildman–Crippen LogP) is 2.62. The van der Waals surface area contributed by atoms with Crippen LogP contribution >= 0.6 is 11.6 Å². The number of hydrogen-bond donors (Lipinski definition) is 3. The fourth-order valence-corrected chi connectivity index (χ4v) is 2.86. The first kappa shape index (κ1) is 26.1. The number of esters is 1. The van der Waals surface area contributed by atoms with Gasteiger partial charge in [0.2, 0.25) is 0 Å². The predicted molar refractivity (Wildman–Crippen MR) is 111 cm³/mol. The maximum Gasteiger partial charge on any atom is 0.398 e. The minimum Gasteiger partial charge on any atom is -0.479 e. The zero-order valence-electron chi connectivity index (χ0n) is 17.2. The quantitative estimate of drug-likeness (QED) is 0.282. The molecular formula is C21H20ClF3N2O6. The number of amides is 1. The summed E-state index contributed by atoms with van der Waals surface area (Å²) in [4.78, 5) is 34.6. The number of carboxylic acid groups (broad SMARTS) is 1. The second-order valence-corrected chi connectivity index (χ2v) is 7.52. The van der Waals surface area contributed by atoms with E-state index in [9.17, 15) is 32.7 Å². The summed E-state index contributed by atoms with van der Waals surface area (Å²) in [6.45, 7) is -2.05. The Morgan fingerprint density at radius 1 is 1.21 bits per heavy atom. The van der Waals surface area contributed by atoms with Crippen LogP contribution in [-0.2, 0) is 25.7 Å². The Morgan fingerprint density at radius 3 is 2.42 bits per heavy atom. The smallest absolute Gasteiger partial charge is 0.398 e. The van der Waals surface area contributed by atoms with Gasteiger partial charge in [0.1, 0.15) is 5.82 Å². The Bertz CT molecular complexity index is 1020. The molecule has 3 N–H and O–H groups in total. The number of aliphatic hydroxyl groups excluding tert-OH is 1. The van der Waals surface area contributed by atoms with E-state index in [1.54, 1.807) is 30.3 Å². The number of halogens is 4. The highest BCUT2D eigenvalue weighted by molar-refractivity contribution is 6.32. The summed E-state index contributed by atoms with van der Waals surface area (Å²) < 4.78 is 44.5. The molecule has 0 aliphatic carbocycles. The SMILES string of the molecule is CC(F)(F)COC(=O)C(=O)NN(Cc1cc(F)c(-c2ccccc2)cc1Cl)C[C@@H](O)C(=O)O. The summed E-state index contributed by atoms with van der Waals surface area (Å²) in [6, 6.07) is 10.9. The molecule has 2 aromatic carbocycles. The lowest BCUT2D eigenvalue weighted by Gasteiger charge is -2.24. The van der Waals surface area contributed by atoms with E-state index in [1.165, 1.54) is 6.07 Å². The molecule has 1 atom stereocenters. The number of alkyl halides is 2. The Kier molecular flexibility index (Phi) is 8.80. The van der Waals surface area contributed by atoms with Crippen molar-refractivity contribution in [1.82, 2.24) is 10.4 Å². The lowest BCUT2D eigenvalue weighted by atomic mass is 10.0. The number of aliphatic carboxylic acids is 1. The number of carboxylic acids is 1. The maximum absolute atomic E-state index is 14.7. The average Bonchev–Trinajstić information content (AvgIpc) is 2.74. The standard InChI is InChI=1S/C21H20ClF3N2O6/c1-21(24,25)11-33-20(32)18(29)26-27(10-17(28)19(30)31)9-13-7-16(23)14(8-15(13)22)12-5-3-2-4-6-12/h2-8,17,28H,9-11H2,1H3,(H,26,29)(H,30,31)/t17-/m1/s1. The van der Waals surface area contributed by atoms with Crippen LogP contribution in [0.25, 0.3) is 11.1 Å². The summed E-state index contributed by atoms with van der Waals surface area (Å²) in [5, 5.41) is 19.4. The molecule has 33 heavy (non-hydrogen) atoms. The molecule has 0 heterocycles. The molecule has 0 unspecified atom stereocenters. The third-order valence-electron chi connectivity index (χ3n) is 4.16. The van der Waals surface area contributed by atoms with Crippen LogP contribution in [0, 0.1) is 5.82 Å². The van der Waals surface area contributed by atoms with Gasteiger partial charge in [0, 0.05) is 24.1 Å². The molecule has 2 aromatic rings. The lowest BCUT2D eigenvalue weighted by molar-refractivity contribution is -0.164. The largest absolute Gasteiger partial charge is 0.479 e. The molecule has 178 valence electrons. The number of carbonyl (C=O) groups is 3. The number of rotatable bonds is 9. The number of ether oxygens (including phenoxy) is 1. The highest BCUT2D eigenvalue weighted by atomic mass is 35.5. The number of aliphatic hydroxyl groups is 1. The van der Waals surface area contributed by atoms with Gasteiger partial charge in [-0.15, -0.1) is 0 Å². The number of carbonyl (C=O) groups excluding carboxylic acids is 2. The van der Waals surface area contributed by atoms with Crippen LogP contribution in [0.15, 0.2) is 42.5 Å². The van der Waals surface area contributed by atoms with E-state index in [1.807, 2.05) is 5.43 Å². The molecule has 1 amide bonds. The van der Waals surface area contributed by atoms with E-state index in [4.69, 9.17) is 16.7 Å². The Morgan fingerprint density at radius 2 is 1.85 bits per heavy atom. The molecule has 0 aliphatic rings. The van der Waals surface area contributed by atoms with Crippen molar-refractivity contribution in [2.24, 2.45) is 0 Å². The molecule has 0 saturated carbocycles.